The monoisotopic (exact) mass is 372 g/mol. The average Bonchev–Trinajstić information content (AvgIpc) is 2.53. The number of sulfonamides is 1. The van der Waals surface area contributed by atoms with Crippen LogP contribution in [0, 0.1) is 5.41 Å². The minimum absolute atomic E-state index is 0.00877. The molecule has 1 aromatic carbocycles. The van der Waals surface area contributed by atoms with Crippen molar-refractivity contribution in [1.29, 1.82) is 0 Å². The Morgan fingerprint density at radius 3 is 2.42 bits per heavy atom. The third-order valence-corrected chi connectivity index (χ3v) is 6.29. The van der Waals surface area contributed by atoms with E-state index in [1.807, 2.05) is 20.8 Å². The molecule has 0 saturated carbocycles. The molecule has 0 atom stereocenters. The first-order valence-corrected chi connectivity index (χ1v) is 10.0. The van der Waals surface area contributed by atoms with Gasteiger partial charge in [0.1, 0.15) is 4.90 Å². The number of amides is 1. The molecule has 0 aromatic heterocycles. The zero-order valence-electron chi connectivity index (χ0n) is 14.4. The molecule has 0 bridgehead atoms. The lowest BCUT2D eigenvalue weighted by molar-refractivity contribution is 0.0939. The van der Waals surface area contributed by atoms with Gasteiger partial charge >= 0.3 is 0 Å². The van der Waals surface area contributed by atoms with Gasteiger partial charge in [-0.2, -0.15) is 4.31 Å². The maximum atomic E-state index is 12.8. The minimum Gasteiger partial charge on any atom is -0.352 e. The van der Waals surface area contributed by atoms with E-state index < -0.39 is 10.0 Å². The van der Waals surface area contributed by atoms with Crippen molar-refractivity contribution in [1.82, 2.24) is 9.62 Å². The van der Waals surface area contributed by atoms with Crippen LogP contribution >= 0.6 is 11.6 Å². The van der Waals surface area contributed by atoms with Gasteiger partial charge in [-0.15, -0.1) is 0 Å². The molecule has 2 rings (SSSR count). The lowest BCUT2D eigenvalue weighted by Crippen LogP contribution is -2.36. The molecular weight excluding hydrogens is 348 g/mol. The normalized spacial score (nSPS) is 16.8. The molecule has 24 heavy (non-hydrogen) atoms. The zero-order chi connectivity index (χ0) is 18.0. The summed E-state index contributed by atoms with van der Waals surface area (Å²) in [4.78, 5) is 12.3. The first-order chi connectivity index (χ1) is 11.1. The number of halogens is 1. The summed E-state index contributed by atoms with van der Waals surface area (Å²) in [6.45, 7) is 7.55. The second-order valence-corrected chi connectivity index (χ2v) is 9.67. The summed E-state index contributed by atoms with van der Waals surface area (Å²) in [5, 5.41) is 2.97. The molecule has 1 heterocycles. The smallest absolute Gasteiger partial charge is 0.251 e. The van der Waals surface area contributed by atoms with E-state index in [-0.39, 0.29) is 21.2 Å². The Morgan fingerprint density at radius 2 is 1.83 bits per heavy atom. The highest BCUT2D eigenvalue weighted by Gasteiger charge is 2.28. The molecule has 5 nitrogen and oxygen atoms in total. The first kappa shape index (κ1) is 19.2. The van der Waals surface area contributed by atoms with Crippen molar-refractivity contribution >= 4 is 27.5 Å². The predicted molar refractivity (Wildman–Crippen MR) is 95.9 cm³/mol. The SMILES string of the molecule is CC(C)(C)CNC(=O)c1ccc(Cl)c(S(=O)(=O)N2CCCCC2)c1. The quantitative estimate of drug-likeness (QED) is 0.881. The van der Waals surface area contributed by atoms with Crippen molar-refractivity contribution in [3.8, 4) is 0 Å². The molecule has 1 aromatic rings. The molecule has 1 N–H and O–H groups in total. The number of piperidine rings is 1. The summed E-state index contributed by atoms with van der Waals surface area (Å²) in [6, 6.07) is 4.41. The molecule has 1 fully saturated rings. The maximum Gasteiger partial charge on any atom is 0.251 e. The summed E-state index contributed by atoms with van der Waals surface area (Å²) in [6.07, 6.45) is 2.74. The van der Waals surface area contributed by atoms with Crippen LogP contribution in [0.5, 0.6) is 0 Å². The molecule has 1 saturated heterocycles. The van der Waals surface area contributed by atoms with E-state index in [9.17, 15) is 13.2 Å². The highest BCUT2D eigenvalue weighted by Crippen LogP contribution is 2.28. The summed E-state index contributed by atoms with van der Waals surface area (Å²) in [7, 11) is -3.67. The Hall–Kier alpha value is -1.11. The lowest BCUT2D eigenvalue weighted by atomic mass is 9.97. The number of nitrogens with zero attached hydrogens (tertiary/aromatic N) is 1. The van der Waals surface area contributed by atoms with Gasteiger partial charge in [-0.1, -0.05) is 38.8 Å². The topological polar surface area (TPSA) is 66.5 Å². The van der Waals surface area contributed by atoms with Crippen molar-refractivity contribution in [2.24, 2.45) is 5.41 Å². The summed E-state index contributed by atoms with van der Waals surface area (Å²) in [5.41, 5.74) is 0.254. The van der Waals surface area contributed by atoms with Crippen LogP contribution in [-0.4, -0.2) is 38.3 Å². The lowest BCUT2D eigenvalue weighted by Gasteiger charge is -2.26. The van der Waals surface area contributed by atoms with Gasteiger partial charge in [0.2, 0.25) is 10.0 Å². The molecule has 1 amide bonds. The molecule has 1 aliphatic heterocycles. The highest BCUT2D eigenvalue weighted by molar-refractivity contribution is 7.89. The molecule has 0 spiro atoms. The summed E-state index contributed by atoms with van der Waals surface area (Å²) >= 11 is 6.12. The van der Waals surface area contributed by atoms with E-state index in [0.717, 1.165) is 19.3 Å². The van der Waals surface area contributed by atoms with Gasteiger partial charge in [-0.05, 0) is 36.5 Å². The van der Waals surface area contributed by atoms with Gasteiger partial charge in [-0.3, -0.25) is 4.79 Å². The van der Waals surface area contributed by atoms with Crippen molar-refractivity contribution < 1.29 is 13.2 Å². The van der Waals surface area contributed by atoms with Crippen LogP contribution in [-0.2, 0) is 10.0 Å². The van der Waals surface area contributed by atoms with Gasteiger partial charge in [0.25, 0.3) is 5.91 Å². The van der Waals surface area contributed by atoms with Crippen LogP contribution in [0.15, 0.2) is 23.1 Å². The zero-order valence-corrected chi connectivity index (χ0v) is 16.0. The maximum absolute atomic E-state index is 12.8. The van der Waals surface area contributed by atoms with Gasteiger partial charge in [0.05, 0.1) is 5.02 Å². The molecule has 1 aliphatic rings. The Morgan fingerprint density at radius 1 is 1.21 bits per heavy atom. The van der Waals surface area contributed by atoms with E-state index >= 15 is 0 Å². The Kier molecular flexibility index (Phi) is 5.94. The Balaban J connectivity index is 2.26. The standard InChI is InChI=1S/C17H25ClN2O3S/c1-17(2,3)12-19-16(21)13-7-8-14(18)15(11-13)24(22,23)20-9-5-4-6-10-20/h7-8,11H,4-6,9-10,12H2,1-3H3,(H,19,21). The summed E-state index contributed by atoms with van der Waals surface area (Å²) < 4.78 is 27.1. The van der Waals surface area contributed by atoms with Crippen LogP contribution in [0.25, 0.3) is 0 Å². The van der Waals surface area contributed by atoms with E-state index in [0.29, 0.717) is 25.2 Å². The second kappa shape index (κ2) is 7.42. The molecule has 7 heteroatoms. The number of carbonyl (C=O) groups is 1. The Labute approximate surface area is 149 Å². The van der Waals surface area contributed by atoms with Crippen molar-refractivity contribution in [2.75, 3.05) is 19.6 Å². The van der Waals surface area contributed by atoms with Gasteiger partial charge < -0.3 is 5.32 Å². The van der Waals surface area contributed by atoms with Crippen molar-refractivity contribution in [3.63, 3.8) is 0 Å². The predicted octanol–water partition coefficient (Wildman–Crippen LogP) is 3.29. The third-order valence-electron chi connectivity index (χ3n) is 3.91. The number of hydrogen-bond acceptors (Lipinski definition) is 3. The minimum atomic E-state index is -3.67. The first-order valence-electron chi connectivity index (χ1n) is 8.19. The fourth-order valence-corrected chi connectivity index (χ4v) is 4.55. The third kappa shape index (κ3) is 4.71. The Bertz CT molecular complexity index is 705. The second-order valence-electron chi connectivity index (χ2n) is 7.35. The van der Waals surface area contributed by atoms with Gasteiger partial charge in [-0.25, -0.2) is 8.42 Å². The number of carbonyl (C=O) groups excluding carboxylic acids is 1. The van der Waals surface area contributed by atoms with E-state index in [4.69, 9.17) is 11.6 Å². The van der Waals surface area contributed by atoms with Crippen LogP contribution in [0.3, 0.4) is 0 Å². The van der Waals surface area contributed by atoms with Crippen LogP contribution in [0.1, 0.15) is 50.4 Å². The van der Waals surface area contributed by atoms with Gasteiger partial charge in [0, 0.05) is 25.2 Å². The molecular formula is C17H25ClN2O3S. The fourth-order valence-electron chi connectivity index (χ4n) is 2.53. The molecule has 0 unspecified atom stereocenters. The van der Waals surface area contributed by atoms with E-state index in [1.54, 1.807) is 6.07 Å². The summed E-state index contributed by atoms with van der Waals surface area (Å²) in [5.74, 6) is -0.295. The number of hydrogen-bond donors (Lipinski definition) is 1. The van der Waals surface area contributed by atoms with Crippen molar-refractivity contribution in [3.05, 3.63) is 28.8 Å². The van der Waals surface area contributed by atoms with E-state index in [1.165, 1.54) is 16.4 Å². The number of benzene rings is 1. The van der Waals surface area contributed by atoms with Crippen LogP contribution < -0.4 is 5.32 Å². The molecule has 0 radical (unpaired) electrons. The molecule has 0 aliphatic carbocycles. The van der Waals surface area contributed by atoms with E-state index in [2.05, 4.69) is 5.32 Å². The fraction of sp³-hybridized carbons (Fsp3) is 0.588. The van der Waals surface area contributed by atoms with Crippen molar-refractivity contribution in [2.45, 2.75) is 44.9 Å². The molecule has 134 valence electrons. The van der Waals surface area contributed by atoms with Crippen LogP contribution in [0.2, 0.25) is 5.02 Å². The van der Waals surface area contributed by atoms with Crippen LogP contribution in [0.4, 0.5) is 0 Å². The highest BCUT2D eigenvalue weighted by atomic mass is 35.5. The van der Waals surface area contributed by atoms with Gasteiger partial charge in [0.15, 0.2) is 0 Å². The largest absolute Gasteiger partial charge is 0.352 e. The number of nitrogens with one attached hydrogen (secondary N) is 1. The average molecular weight is 373 g/mol. The number of rotatable bonds is 4.